The average Bonchev–Trinajstić information content (AvgIpc) is 2.29. The molecule has 0 spiro atoms. The summed E-state index contributed by atoms with van der Waals surface area (Å²) in [6.07, 6.45) is 0. The van der Waals surface area contributed by atoms with Crippen molar-refractivity contribution >= 4 is 17.9 Å². The highest BCUT2D eigenvalue weighted by molar-refractivity contribution is 7.97. The van der Waals surface area contributed by atoms with Crippen molar-refractivity contribution in [3.8, 4) is 0 Å². The van der Waals surface area contributed by atoms with E-state index in [9.17, 15) is 4.79 Å². The van der Waals surface area contributed by atoms with E-state index < -0.39 is 0 Å². The number of amides is 1. The SMILES string of the molecule is CC(=O)NCCNSc1ccc(C(C)C)cc1. The van der Waals surface area contributed by atoms with E-state index in [0.717, 1.165) is 6.54 Å². The number of hydrogen-bond acceptors (Lipinski definition) is 3. The normalized spacial score (nSPS) is 10.6. The maximum Gasteiger partial charge on any atom is 0.216 e. The minimum Gasteiger partial charge on any atom is -0.355 e. The zero-order valence-electron chi connectivity index (χ0n) is 10.6. The van der Waals surface area contributed by atoms with Crippen LogP contribution in [-0.4, -0.2) is 19.0 Å². The number of hydrogen-bond donors (Lipinski definition) is 2. The van der Waals surface area contributed by atoms with Crippen molar-refractivity contribution in [1.29, 1.82) is 0 Å². The van der Waals surface area contributed by atoms with Gasteiger partial charge in [0.2, 0.25) is 5.91 Å². The summed E-state index contributed by atoms with van der Waals surface area (Å²) < 4.78 is 3.21. The molecule has 0 aliphatic carbocycles. The van der Waals surface area contributed by atoms with Crippen LogP contribution >= 0.6 is 11.9 Å². The number of carbonyl (C=O) groups excluding carboxylic acids is 1. The Morgan fingerprint density at radius 1 is 1.24 bits per heavy atom. The molecular formula is C13H20N2OS. The van der Waals surface area contributed by atoms with Crippen LogP contribution < -0.4 is 10.0 Å². The first-order valence-electron chi connectivity index (χ1n) is 5.83. The topological polar surface area (TPSA) is 41.1 Å². The first-order valence-corrected chi connectivity index (χ1v) is 6.65. The molecule has 0 heterocycles. The first-order chi connectivity index (χ1) is 8.09. The molecule has 0 aliphatic rings. The third-order valence-corrected chi connectivity index (χ3v) is 3.19. The van der Waals surface area contributed by atoms with Gasteiger partial charge in [-0.2, -0.15) is 0 Å². The van der Waals surface area contributed by atoms with Crippen molar-refractivity contribution in [2.24, 2.45) is 0 Å². The summed E-state index contributed by atoms with van der Waals surface area (Å²) in [4.78, 5) is 11.8. The van der Waals surface area contributed by atoms with Crippen LogP contribution in [0.3, 0.4) is 0 Å². The number of rotatable bonds is 6. The van der Waals surface area contributed by atoms with Gasteiger partial charge in [-0.15, -0.1) is 0 Å². The van der Waals surface area contributed by atoms with E-state index in [1.165, 1.54) is 17.4 Å². The molecule has 0 saturated heterocycles. The average molecular weight is 252 g/mol. The van der Waals surface area contributed by atoms with Crippen LogP contribution in [0, 0.1) is 0 Å². The Hall–Kier alpha value is -1.00. The predicted molar refractivity (Wildman–Crippen MR) is 73.1 cm³/mol. The van der Waals surface area contributed by atoms with E-state index >= 15 is 0 Å². The van der Waals surface area contributed by atoms with Crippen molar-refractivity contribution in [3.63, 3.8) is 0 Å². The quantitative estimate of drug-likeness (QED) is 0.604. The van der Waals surface area contributed by atoms with Crippen molar-refractivity contribution in [2.45, 2.75) is 31.6 Å². The second kappa shape index (κ2) is 7.35. The van der Waals surface area contributed by atoms with Gasteiger partial charge in [-0.05, 0) is 35.6 Å². The van der Waals surface area contributed by atoms with Crippen molar-refractivity contribution < 1.29 is 4.79 Å². The standard InChI is InChI=1S/C13H20N2OS/c1-10(2)12-4-6-13(7-5-12)17-15-9-8-14-11(3)16/h4-7,10,15H,8-9H2,1-3H3,(H,14,16). The summed E-state index contributed by atoms with van der Waals surface area (Å²) in [7, 11) is 0. The van der Waals surface area contributed by atoms with Gasteiger partial charge < -0.3 is 5.32 Å². The summed E-state index contributed by atoms with van der Waals surface area (Å²) >= 11 is 1.59. The molecule has 0 radical (unpaired) electrons. The highest BCUT2D eigenvalue weighted by Gasteiger charge is 1.99. The molecule has 1 aromatic rings. The Morgan fingerprint density at radius 2 is 1.88 bits per heavy atom. The Balaban J connectivity index is 2.25. The van der Waals surface area contributed by atoms with Gasteiger partial charge in [0.25, 0.3) is 0 Å². The highest BCUT2D eigenvalue weighted by Crippen LogP contribution is 2.19. The number of carbonyl (C=O) groups is 1. The minimum atomic E-state index is 0.0121. The van der Waals surface area contributed by atoms with Gasteiger partial charge in [0.15, 0.2) is 0 Å². The summed E-state index contributed by atoms with van der Waals surface area (Å²) in [5.74, 6) is 0.583. The molecule has 0 aromatic heterocycles. The summed E-state index contributed by atoms with van der Waals surface area (Å²) in [6.45, 7) is 7.32. The molecule has 2 N–H and O–H groups in total. The summed E-state index contributed by atoms with van der Waals surface area (Å²) in [6, 6.07) is 8.54. The fourth-order valence-electron chi connectivity index (χ4n) is 1.34. The second-order valence-electron chi connectivity index (χ2n) is 4.20. The van der Waals surface area contributed by atoms with Crippen LogP contribution in [-0.2, 0) is 4.79 Å². The molecule has 1 amide bonds. The maximum atomic E-state index is 10.6. The van der Waals surface area contributed by atoms with Gasteiger partial charge in [-0.1, -0.05) is 26.0 Å². The lowest BCUT2D eigenvalue weighted by atomic mass is 10.0. The van der Waals surface area contributed by atoms with Crippen molar-refractivity contribution in [1.82, 2.24) is 10.0 Å². The first kappa shape index (κ1) is 14.1. The van der Waals surface area contributed by atoms with Crippen LogP contribution in [0.2, 0.25) is 0 Å². The van der Waals surface area contributed by atoms with Gasteiger partial charge in [0.05, 0.1) is 0 Å². The van der Waals surface area contributed by atoms with Crippen LogP contribution in [0.25, 0.3) is 0 Å². The lowest BCUT2D eigenvalue weighted by Crippen LogP contribution is -2.27. The fourth-order valence-corrected chi connectivity index (χ4v) is 1.99. The van der Waals surface area contributed by atoms with E-state index in [1.54, 1.807) is 11.9 Å². The molecule has 94 valence electrons. The van der Waals surface area contributed by atoms with Crippen LogP contribution in [0.4, 0.5) is 0 Å². The van der Waals surface area contributed by atoms with Crippen molar-refractivity contribution in [2.75, 3.05) is 13.1 Å². The van der Waals surface area contributed by atoms with Crippen LogP contribution in [0.5, 0.6) is 0 Å². The minimum absolute atomic E-state index is 0.0121. The molecule has 1 aromatic carbocycles. The Labute approximate surface area is 108 Å². The van der Waals surface area contributed by atoms with E-state index in [1.807, 2.05) is 0 Å². The van der Waals surface area contributed by atoms with Crippen LogP contribution in [0.15, 0.2) is 29.2 Å². The molecule has 0 fully saturated rings. The van der Waals surface area contributed by atoms with Gasteiger partial charge in [-0.3, -0.25) is 9.52 Å². The van der Waals surface area contributed by atoms with Crippen LogP contribution in [0.1, 0.15) is 32.3 Å². The largest absolute Gasteiger partial charge is 0.355 e. The van der Waals surface area contributed by atoms with E-state index in [4.69, 9.17) is 0 Å². The zero-order chi connectivity index (χ0) is 12.7. The summed E-state index contributed by atoms with van der Waals surface area (Å²) in [5.41, 5.74) is 1.35. The van der Waals surface area contributed by atoms with Crippen molar-refractivity contribution in [3.05, 3.63) is 29.8 Å². The smallest absolute Gasteiger partial charge is 0.216 e. The molecule has 3 nitrogen and oxygen atoms in total. The highest BCUT2D eigenvalue weighted by atomic mass is 32.2. The molecule has 0 bridgehead atoms. The number of nitrogens with one attached hydrogen (secondary N) is 2. The van der Waals surface area contributed by atoms with Gasteiger partial charge in [-0.25, -0.2) is 0 Å². The molecule has 17 heavy (non-hydrogen) atoms. The molecule has 4 heteroatoms. The molecule has 0 aliphatic heterocycles. The van der Waals surface area contributed by atoms with E-state index in [0.29, 0.717) is 12.5 Å². The fraction of sp³-hybridized carbons (Fsp3) is 0.462. The third-order valence-electron chi connectivity index (χ3n) is 2.34. The summed E-state index contributed by atoms with van der Waals surface area (Å²) in [5, 5.41) is 2.74. The Kier molecular flexibility index (Phi) is 6.08. The number of benzene rings is 1. The van der Waals surface area contributed by atoms with Gasteiger partial charge in [0, 0.05) is 24.9 Å². The molecule has 0 unspecified atom stereocenters. The molecule has 0 saturated carbocycles. The predicted octanol–water partition coefficient (Wildman–Crippen LogP) is 2.54. The second-order valence-corrected chi connectivity index (χ2v) is 5.17. The lowest BCUT2D eigenvalue weighted by molar-refractivity contribution is -0.118. The van der Waals surface area contributed by atoms with E-state index in [-0.39, 0.29) is 5.91 Å². The molecule has 1 rings (SSSR count). The third kappa shape index (κ3) is 5.75. The Bertz CT molecular complexity index is 349. The van der Waals surface area contributed by atoms with Gasteiger partial charge >= 0.3 is 0 Å². The van der Waals surface area contributed by atoms with E-state index in [2.05, 4.69) is 48.2 Å². The monoisotopic (exact) mass is 252 g/mol. The van der Waals surface area contributed by atoms with Gasteiger partial charge in [0.1, 0.15) is 0 Å². The maximum absolute atomic E-state index is 10.6. The molecular weight excluding hydrogens is 232 g/mol. The molecule has 0 atom stereocenters. The zero-order valence-corrected chi connectivity index (χ0v) is 11.4. The lowest BCUT2D eigenvalue weighted by Gasteiger charge is -2.07. The Morgan fingerprint density at radius 3 is 2.41 bits per heavy atom.